The van der Waals surface area contributed by atoms with Crippen molar-refractivity contribution < 1.29 is 0 Å². The Morgan fingerprint density at radius 2 is 1.75 bits per heavy atom. The zero-order valence-corrected chi connectivity index (χ0v) is 16.5. The van der Waals surface area contributed by atoms with Crippen molar-refractivity contribution in [2.24, 2.45) is 10.4 Å². The maximum absolute atomic E-state index is 4.79. The summed E-state index contributed by atoms with van der Waals surface area (Å²) in [4.78, 5) is 7.52. The quantitative estimate of drug-likeness (QED) is 0.440. The van der Waals surface area contributed by atoms with Gasteiger partial charge in [-0.05, 0) is 50.9 Å². The molecule has 4 nitrogen and oxygen atoms in total. The molecular weight excluding hydrogens is 296 g/mol. The average molecular weight is 337 g/mol. The van der Waals surface area contributed by atoms with Crippen LogP contribution < -0.4 is 10.6 Å². The molecule has 2 fully saturated rings. The average Bonchev–Trinajstić information content (AvgIpc) is 3.06. The van der Waals surface area contributed by atoms with E-state index in [2.05, 4.69) is 43.2 Å². The fraction of sp³-hybridized carbons (Fsp3) is 0.950. The summed E-state index contributed by atoms with van der Waals surface area (Å²) < 4.78 is 0. The highest BCUT2D eigenvalue weighted by molar-refractivity contribution is 5.80. The first-order valence-electron chi connectivity index (χ1n) is 10.3. The van der Waals surface area contributed by atoms with Gasteiger partial charge >= 0.3 is 0 Å². The molecule has 0 aromatic rings. The highest BCUT2D eigenvalue weighted by atomic mass is 15.2. The van der Waals surface area contributed by atoms with E-state index in [1.165, 1.54) is 64.5 Å². The molecule has 0 unspecified atom stereocenters. The lowest BCUT2D eigenvalue weighted by Crippen LogP contribution is -2.50. The molecule has 24 heavy (non-hydrogen) atoms. The first kappa shape index (κ1) is 19.6. The summed E-state index contributed by atoms with van der Waals surface area (Å²) in [6.07, 6.45) is 10.6. The van der Waals surface area contributed by atoms with Gasteiger partial charge in [0.1, 0.15) is 0 Å². The van der Waals surface area contributed by atoms with Gasteiger partial charge in [0.25, 0.3) is 0 Å². The van der Waals surface area contributed by atoms with Gasteiger partial charge in [-0.25, -0.2) is 0 Å². The van der Waals surface area contributed by atoms with Crippen LogP contribution in [-0.4, -0.2) is 49.1 Å². The van der Waals surface area contributed by atoms with Crippen molar-refractivity contribution in [3.63, 3.8) is 0 Å². The van der Waals surface area contributed by atoms with Crippen LogP contribution in [0.2, 0.25) is 0 Å². The summed E-state index contributed by atoms with van der Waals surface area (Å²) in [5.74, 6) is 1.02. The van der Waals surface area contributed by atoms with Crippen molar-refractivity contribution in [2.75, 3.05) is 26.2 Å². The minimum atomic E-state index is 0.411. The summed E-state index contributed by atoms with van der Waals surface area (Å²) in [5, 5.41) is 7.10. The zero-order valence-electron chi connectivity index (χ0n) is 16.5. The smallest absolute Gasteiger partial charge is 0.191 e. The Kier molecular flexibility index (Phi) is 7.86. The van der Waals surface area contributed by atoms with Gasteiger partial charge in [0.15, 0.2) is 5.96 Å². The Hall–Kier alpha value is -0.770. The van der Waals surface area contributed by atoms with Gasteiger partial charge in [-0.15, -0.1) is 0 Å². The lowest BCUT2D eigenvalue weighted by Gasteiger charge is -2.36. The lowest BCUT2D eigenvalue weighted by atomic mass is 9.91. The third-order valence-electron chi connectivity index (χ3n) is 5.41. The highest BCUT2D eigenvalue weighted by Gasteiger charge is 2.27. The van der Waals surface area contributed by atoms with E-state index >= 15 is 0 Å². The second kappa shape index (κ2) is 9.65. The molecule has 0 aromatic carbocycles. The highest BCUT2D eigenvalue weighted by Crippen LogP contribution is 2.26. The lowest BCUT2D eigenvalue weighted by molar-refractivity contribution is 0.150. The van der Waals surface area contributed by atoms with Gasteiger partial charge in [0.05, 0.1) is 0 Å². The Labute approximate surface area is 149 Å². The van der Waals surface area contributed by atoms with Crippen molar-refractivity contribution in [3.8, 4) is 0 Å². The van der Waals surface area contributed by atoms with Crippen LogP contribution in [-0.2, 0) is 0 Å². The van der Waals surface area contributed by atoms with Crippen LogP contribution in [0.25, 0.3) is 0 Å². The van der Waals surface area contributed by atoms with Gasteiger partial charge in [0, 0.05) is 38.3 Å². The number of hydrogen-bond donors (Lipinski definition) is 2. The van der Waals surface area contributed by atoms with E-state index in [-0.39, 0.29) is 0 Å². The normalized spacial score (nSPS) is 22.1. The molecule has 0 aromatic heterocycles. The molecule has 2 aliphatic rings. The fourth-order valence-electron chi connectivity index (χ4n) is 3.99. The van der Waals surface area contributed by atoms with E-state index in [9.17, 15) is 0 Å². The summed E-state index contributed by atoms with van der Waals surface area (Å²) in [6.45, 7) is 13.4. The van der Waals surface area contributed by atoms with Crippen LogP contribution in [0.4, 0.5) is 0 Å². The predicted molar refractivity (Wildman–Crippen MR) is 105 cm³/mol. The third-order valence-corrected chi connectivity index (χ3v) is 5.41. The topological polar surface area (TPSA) is 39.7 Å². The van der Waals surface area contributed by atoms with Gasteiger partial charge in [-0.1, -0.05) is 33.6 Å². The molecule has 2 N–H and O–H groups in total. The third kappa shape index (κ3) is 7.00. The number of guanidine groups is 1. The number of hydrogen-bond acceptors (Lipinski definition) is 2. The molecule has 0 bridgehead atoms. The molecule has 1 heterocycles. The van der Waals surface area contributed by atoms with Crippen molar-refractivity contribution in [3.05, 3.63) is 0 Å². The van der Waals surface area contributed by atoms with Crippen molar-refractivity contribution >= 4 is 5.96 Å². The molecule has 0 atom stereocenters. The van der Waals surface area contributed by atoms with Gasteiger partial charge < -0.3 is 15.5 Å². The standard InChI is InChI=1S/C20H40N4/c1-5-21-19(22-14-8-13-20(2,3)4)23-17-11-15-24(16-12-17)18-9-6-7-10-18/h17-18H,5-16H2,1-4H3,(H2,21,22,23). The van der Waals surface area contributed by atoms with Crippen LogP contribution in [0, 0.1) is 5.41 Å². The maximum Gasteiger partial charge on any atom is 0.191 e. The molecule has 0 amide bonds. The van der Waals surface area contributed by atoms with E-state index < -0.39 is 0 Å². The van der Waals surface area contributed by atoms with Crippen LogP contribution in [0.5, 0.6) is 0 Å². The summed E-state index contributed by atoms with van der Waals surface area (Å²) in [7, 11) is 0. The number of likely N-dealkylation sites (tertiary alicyclic amines) is 1. The first-order chi connectivity index (χ1) is 11.5. The monoisotopic (exact) mass is 336 g/mol. The predicted octanol–water partition coefficient (Wildman–Crippen LogP) is 3.77. The minimum Gasteiger partial charge on any atom is -0.357 e. The van der Waals surface area contributed by atoms with E-state index in [0.29, 0.717) is 11.5 Å². The summed E-state index contributed by atoms with van der Waals surface area (Å²) in [5.41, 5.74) is 0.411. The van der Waals surface area contributed by atoms with Crippen LogP contribution >= 0.6 is 0 Å². The van der Waals surface area contributed by atoms with Crippen LogP contribution in [0.1, 0.15) is 79.1 Å². The van der Waals surface area contributed by atoms with Crippen molar-refractivity contribution in [2.45, 2.75) is 91.1 Å². The number of rotatable bonds is 6. The van der Waals surface area contributed by atoms with Gasteiger partial charge in [-0.2, -0.15) is 0 Å². The molecule has 1 aliphatic carbocycles. The summed E-state index contributed by atoms with van der Waals surface area (Å²) >= 11 is 0. The van der Waals surface area contributed by atoms with Gasteiger partial charge in [-0.3, -0.25) is 4.99 Å². The largest absolute Gasteiger partial charge is 0.357 e. The first-order valence-corrected chi connectivity index (χ1v) is 10.3. The molecule has 4 heteroatoms. The minimum absolute atomic E-state index is 0.411. The maximum atomic E-state index is 4.79. The second-order valence-corrected chi connectivity index (χ2v) is 8.82. The molecular formula is C20H40N4. The van der Waals surface area contributed by atoms with Crippen molar-refractivity contribution in [1.82, 2.24) is 15.5 Å². The molecule has 1 saturated heterocycles. The van der Waals surface area contributed by atoms with Crippen LogP contribution in [0.3, 0.4) is 0 Å². The molecule has 140 valence electrons. The van der Waals surface area contributed by atoms with E-state index in [1.807, 2.05) is 0 Å². The number of nitrogens with zero attached hydrogens (tertiary/aromatic N) is 2. The molecule has 1 saturated carbocycles. The summed E-state index contributed by atoms with van der Waals surface area (Å²) in [6, 6.07) is 1.47. The second-order valence-electron chi connectivity index (χ2n) is 8.82. The Bertz CT molecular complexity index is 372. The Morgan fingerprint density at radius 3 is 2.33 bits per heavy atom. The van der Waals surface area contributed by atoms with E-state index in [4.69, 9.17) is 4.99 Å². The fourth-order valence-corrected chi connectivity index (χ4v) is 3.99. The van der Waals surface area contributed by atoms with Crippen LogP contribution in [0.15, 0.2) is 4.99 Å². The Balaban J connectivity index is 1.72. The van der Waals surface area contributed by atoms with Crippen molar-refractivity contribution in [1.29, 1.82) is 0 Å². The molecule has 1 aliphatic heterocycles. The molecule has 2 rings (SSSR count). The Morgan fingerprint density at radius 1 is 1.08 bits per heavy atom. The number of nitrogens with one attached hydrogen (secondary N) is 2. The molecule has 0 radical (unpaired) electrons. The van der Waals surface area contributed by atoms with Gasteiger partial charge in [0.2, 0.25) is 0 Å². The zero-order chi connectivity index (χ0) is 17.4. The SMILES string of the molecule is CCNC(=NCCCC(C)(C)C)NC1CCN(C2CCCC2)CC1. The van der Waals surface area contributed by atoms with E-state index in [0.717, 1.165) is 25.1 Å². The van der Waals surface area contributed by atoms with E-state index in [1.54, 1.807) is 0 Å². The number of piperidine rings is 1. The number of aliphatic imine (C=N–C) groups is 1. The molecule has 0 spiro atoms.